The van der Waals surface area contributed by atoms with E-state index < -0.39 is 0 Å². The molecule has 1 aliphatic rings. The molecule has 1 aliphatic carbocycles. The van der Waals surface area contributed by atoms with Crippen LogP contribution in [0.4, 0.5) is 0 Å². The molecule has 1 fully saturated rings. The van der Waals surface area contributed by atoms with Crippen molar-refractivity contribution >= 4 is 0 Å². The Hall–Kier alpha value is -0.590. The predicted octanol–water partition coefficient (Wildman–Crippen LogP) is 2.47. The third-order valence-electron chi connectivity index (χ3n) is 3.47. The minimum absolute atomic E-state index is 0.0758. The van der Waals surface area contributed by atoms with Crippen molar-refractivity contribution in [2.75, 3.05) is 13.7 Å². The fourth-order valence-corrected chi connectivity index (χ4v) is 2.51. The highest BCUT2D eigenvalue weighted by atomic mass is 16.5. The van der Waals surface area contributed by atoms with E-state index >= 15 is 0 Å². The van der Waals surface area contributed by atoms with Crippen LogP contribution in [0.3, 0.4) is 0 Å². The second-order valence-electron chi connectivity index (χ2n) is 5.67. The Morgan fingerprint density at radius 2 is 2.19 bits per heavy atom. The Balaban J connectivity index is 2.45. The van der Waals surface area contributed by atoms with Crippen molar-refractivity contribution in [3.63, 3.8) is 0 Å². The number of ether oxygens (including phenoxy) is 1. The lowest BCUT2D eigenvalue weighted by atomic mass is 9.86. The van der Waals surface area contributed by atoms with Crippen LogP contribution in [0.5, 0.6) is 0 Å². The van der Waals surface area contributed by atoms with Gasteiger partial charge in [0.15, 0.2) is 0 Å². The van der Waals surface area contributed by atoms with E-state index in [1.54, 1.807) is 0 Å². The SMILES string of the molecule is CNC1(C#N)CCCC1CCOC(C)(C)C. The van der Waals surface area contributed by atoms with Crippen molar-refractivity contribution in [1.82, 2.24) is 5.32 Å². The summed E-state index contributed by atoms with van der Waals surface area (Å²) in [7, 11) is 1.89. The Labute approximate surface area is 99.2 Å². The van der Waals surface area contributed by atoms with Crippen LogP contribution < -0.4 is 5.32 Å². The lowest BCUT2D eigenvalue weighted by Crippen LogP contribution is -2.45. The maximum atomic E-state index is 9.29. The van der Waals surface area contributed by atoms with Crippen LogP contribution in [0.25, 0.3) is 0 Å². The third kappa shape index (κ3) is 3.20. The van der Waals surface area contributed by atoms with Crippen LogP contribution in [-0.2, 0) is 4.74 Å². The predicted molar refractivity (Wildman–Crippen MR) is 65.1 cm³/mol. The lowest BCUT2D eigenvalue weighted by molar-refractivity contribution is -0.0115. The molecule has 1 rings (SSSR count). The number of nitriles is 1. The molecule has 16 heavy (non-hydrogen) atoms. The van der Waals surface area contributed by atoms with Gasteiger partial charge in [-0.2, -0.15) is 5.26 Å². The van der Waals surface area contributed by atoms with Gasteiger partial charge in [-0.15, -0.1) is 0 Å². The molecule has 3 heteroatoms. The molecule has 0 aromatic rings. The summed E-state index contributed by atoms with van der Waals surface area (Å²) in [6, 6.07) is 2.46. The molecule has 0 aromatic carbocycles. The van der Waals surface area contributed by atoms with Gasteiger partial charge in [0.25, 0.3) is 0 Å². The Morgan fingerprint density at radius 3 is 2.69 bits per heavy atom. The van der Waals surface area contributed by atoms with Gasteiger partial charge in [-0.3, -0.25) is 0 Å². The molecule has 1 saturated carbocycles. The first-order valence-corrected chi connectivity index (χ1v) is 6.18. The standard InChI is InChI=1S/C13H24N2O/c1-12(2,3)16-9-7-11-6-5-8-13(11,10-14)15-4/h11,15H,5-9H2,1-4H3. The summed E-state index contributed by atoms with van der Waals surface area (Å²) in [4.78, 5) is 0. The fraction of sp³-hybridized carbons (Fsp3) is 0.923. The quantitative estimate of drug-likeness (QED) is 0.798. The van der Waals surface area contributed by atoms with E-state index in [-0.39, 0.29) is 11.1 Å². The highest BCUT2D eigenvalue weighted by Gasteiger charge is 2.41. The second kappa shape index (κ2) is 5.16. The maximum absolute atomic E-state index is 9.29. The highest BCUT2D eigenvalue weighted by Crippen LogP contribution is 2.37. The molecule has 0 radical (unpaired) electrons. The average molecular weight is 224 g/mol. The molecule has 0 saturated heterocycles. The van der Waals surface area contributed by atoms with Crippen LogP contribution in [-0.4, -0.2) is 24.8 Å². The topological polar surface area (TPSA) is 45.0 Å². The summed E-state index contributed by atoms with van der Waals surface area (Å²) in [6.45, 7) is 6.95. The van der Waals surface area contributed by atoms with Crippen molar-refractivity contribution in [2.24, 2.45) is 5.92 Å². The molecule has 1 N–H and O–H groups in total. The molecule has 92 valence electrons. The lowest BCUT2D eigenvalue weighted by Gasteiger charge is -2.29. The van der Waals surface area contributed by atoms with Crippen molar-refractivity contribution < 1.29 is 4.74 Å². The molecule has 3 nitrogen and oxygen atoms in total. The number of hydrogen-bond acceptors (Lipinski definition) is 3. The highest BCUT2D eigenvalue weighted by molar-refractivity contribution is 5.13. The Bertz CT molecular complexity index is 264. The first-order chi connectivity index (χ1) is 7.43. The normalized spacial score (nSPS) is 30.3. The van der Waals surface area contributed by atoms with Crippen molar-refractivity contribution in [2.45, 2.75) is 57.6 Å². The van der Waals surface area contributed by atoms with Gasteiger partial charge in [-0.1, -0.05) is 6.42 Å². The van der Waals surface area contributed by atoms with E-state index in [1.807, 2.05) is 7.05 Å². The Morgan fingerprint density at radius 1 is 1.50 bits per heavy atom. The summed E-state index contributed by atoms with van der Waals surface area (Å²) in [6.07, 6.45) is 4.24. The first-order valence-electron chi connectivity index (χ1n) is 6.18. The monoisotopic (exact) mass is 224 g/mol. The number of rotatable bonds is 4. The van der Waals surface area contributed by atoms with Crippen LogP contribution in [0.1, 0.15) is 46.5 Å². The molecule has 0 spiro atoms. The molecular weight excluding hydrogens is 200 g/mol. The Kier molecular flexibility index (Phi) is 4.35. The van der Waals surface area contributed by atoms with Crippen molar-refractivity contribution in [3.8, 4) is 6.07 Å². The van der Waals surface area contributed by atoms with Gasteiger partial charge in [0.2, 0.25) is 0 Å². The summed E-state index contributed by atoms with van der Waals surface area (Å²) in [5, 5.41) is 12.5. The number of hydrogen-bond donors (Lipinski definition) is 1. The first kappa shape index (κ1) is 13.5. The molecule has 0 heterocycles. The van der Waals surface area contributed by atoms with Gasteiger partial charge in [0.1, 0.15) is 5.54 Å². The van der Waals surface area contributed by atoms with E-state index in [0.29, 0.717) is 5.92 Å². The molecular formula is C13H24N2O. The minimum atomic E-state index is -0.304. The van der Waals surface area contributed by atoms with E-state index in [2.05, 4.69) is 32.2 Å². The van der Waals surface area contributed by atoms with Crippen LogP contribution in [0.15, 0.2) is 0 Å². The van der Waals surface area contributed by atoms with Crippen LogP contribution >= 0.6 is 0 Å². The van der Waals surface area contributed by atoms with E-state index in [4.69, 9.17) is 4.74 Å². The summed E-state index contributed by atoms with van der Waals surface area (Å²) in [5.41, 5.74) is -0.380. The van der Waals surface area contributed by atoms with Gasteiger partial charge in [-0.05, 0) is 53.0 Å². The number of nitrogens with zero attached hydrogens (tertiary/aromatic N) is 1. The zero-order valence-corrected chi connectivity index (χ0v) is 11.0. The van der Waals surface area contributed by atoms with Crippen molar-refractivity contribution in [3.05, 3.63) is 0 Å². The summed E-state index contributed by atoms with van der Waals surface area (Å²) >= 11 is 0. The molecule has 0 bridgehead atoms. The van der Waals surface area contributed by atoms with Crippen molar-refractivity contribution in [1.29, 1.82) is 5.26 Å². The molecule has 0 aromatic heterocycles. The minimum Gasteiger partial charge on any atom is -0.376 e. The van der Waals surface area contributed by atoms with E-state index in [0.717, 1.165) is 32.3 Å². The van der Waals surface area contributed by atoms with Gasteiger partial charge in [0, 0.05) is 6.61 Å². The van der Waals surface area contributed by atoms with E-state index in [1.165, 1.54) is 0 Å². The zero-order valence-electron chi connectivity index (χ0n) is 11.0. The summed E-state index contributed by atoms with van der Waals surface area (Å²) < 4.78 is 5.74. The molecule has 2 atom stereocenters. The summed E-state index contributed by atoms with van der Waals surface area (Å²) in [5.74, 6) is 0.435. The molecule has 2 unspecified atom stereocenters. The van der Waals surface area contributed by atoms with E-state index in [9.17, 15) is 5.26 Å². The third-order valence-corrected chi connectivity index (χ3v) is 3.47. The molecule has 0 aliphatic heterocycles. The van der Waals surface area contributed by atoms with Gasteiger partial charge >= 0.3 is 0 Å². The smallest absolute Gasteiger partial charge is 0.109 e. The average Bonchev–Trinajstić information content (AvgIpc) is 2.60. The van der Waals surface area contributed by atoms with Crippen LogP contribution in [0.2, 0.25) is 0 Å². The number of nitrogens with one attached hydrogen (secondary N) is 1. The second-order valence-corrected chi connectivity index (χ2v) is 5.67. The van der Waals surface area contributed by atoms with Gasteiger partial charge < -0.3 is 10.1 Å². The largest absolute Gasteiger partial charge is 0.376 e. The zero-order chi connectivity index (χ0) is 12.2. The maximum Gasteiger partial charge on any atom is 0.109 e. The van der Waals surface area contributed by atoms with Crippen LogP contribution in [0, 0.1) is 17.2 Å². The fourth-order valence-electron chi connectivity index (χ4n) is 2.51. The van der Waals surface area contributed by atoms with Gasteiger partial charge in [-0.25, -0.2) is 0 Å². The van der Waals surface area contributed by atoms with Gasteiger partial charge in [0.05, 0.1) is 11.7 Å². The molecule has 0 amide bonds.